The summed E-state index contributed by atoms with van der Waals surface area (Å²) in [7, 11) is 1.63. The summed E-state index contributed by atoms with van der Waals surface area (Å²) in [5, 5.41) is 7.12. The first kappa shape index (κ1) is 18.0. The number of amides is 2. The Morgan fingerprint density at radius 3 is 3.07 bits per heavy atom. The smallest absolute Gasteiger partial charge is 0.322 e. The zero-order chi connectivity index (χ0) is 20.0. The molecule has 0 radical (unpaired) electrons. The molecule has 29 heavy (non-hydrogen) atoms. The number of hydrogen-bond donors (Lipinski definition) is 3. The molecule has 1 fully saturated rings. The van der Waals surface area contributed by atoms with Crippen molar-refractivity contribution in [2.24, 2.45) is 0 Å². The molecule has 2 aliphatic rings. The lowest BCUT2D eigenvalue weighted by Crippen LogP contribution is -2.42. The van der Waals surface area contributed by atoms with Gasteiger partial charge in [0.2, 0.25) is 0 Å². The Balaban J connectivity index is 1.72. The molecule has 2 aliphatic heterocycles. The Kier molecular flexibility index (Phi) is 4.40. The molecule has 5 heterocycles. The van der Waals surface area contributed by atoms with Gasteiger partial charge in [-0.05, 0) is 25.5 Å². The minimum absolute atomic E-state index is 0.0780. The highest BCUT2D eigenvalue weighted by Gasteiger charge is 2.34. The van der Waals surface area contributed by atoms with Crippen LogP contribution in [-0.4, -0.2) is 58.8 Å². The van der Waals surface area contributed by atoms with E-state index < -0.39 is 0 Å². The minimum atomic E-state index is -0.275. The second kappa shape index (κ2) is 7.09. The molecule has 3 N–H and O–H groups in total. The van der Waals surface area contributed by atoms with E-state index in [1.165, 1.54) is 0 Å². The molecule has 2 atom stereocenters. The Bertz CT molecular complexity index is 1080. The number of urea groups is 1. The van der Waals surface area contributed by atoms with E-state index >= 15 is 0 Å². The number of H-pyrrole nitrogens is 1. The van der Waals surface area contributed by atoms with Crippen molar-refractivity contribution in [3.8, 4) is 11.3 Å². The van der Waals surface area contributed by atoms with Crippen LogP contribution in [0.5, 0.6) is 0 Å². The molecule has 1 unspecified atom stereocenters. The Hall–Kier alpha value is -3.04. The second-order valence-electron chi connectivity index (χ2n) is 7.32. The van der Waals surface area contributed by atoms with Crippen molar-refractivity contribution in [3.05, 3.63) is 35.9 Å². The highest BCUT2D eigenvalue weighted by molar-refractivity contribution is 5.97. The van der Waals surface area contributed by atoms with Crippen LogP contribution in [0.1, 0.15) is 24.4 Å². The van der Waals surface area contributed by atoms with Gasteiger partial charge < -0.3 is 20.4 Å². The number of aromatic nitrogens is 4. The summed E-state index contributed by atoms with van der Waals surface area (Å²) in [5.41, 5.74) is 3.60. The fourth-order valence-electron chi connectivity index (χ4n) is 4.14. The SMILES string of the molecule is CNC(=O)N1CCc2c(-c3ccnc4[nH]ccc34)nc([C@@H]3OCCNC3C)nc21. The summed E-state index contributed by atoms with van der Waals surface area (Å²) in [6.45, 7) is 4.03. The van der Waals surface area contributed by atoms with Gasteiger partial charge in [0.1, 0.15) is 17.6 Å². The molecule has 1 saturated heterocycles. The summed E-state index contributed by atoms with van der Waals surface area (Å²) in [4.78, 5) is 31.4. The van der Waals surface area contributed by atoms with Gasteiger partial charge in [-0.3, -0.25) is 4.90 Å². The number of morpholine rings is 1. The number of nitrogens with zero attached hydrogens (tertiary/aromatic N) is 4. The van der Waals surface area contributed by atoms with Crippen LogP contribution in [0.2, 0.25) is 0 Å². The van der Waals surface area contributed by atoms with E-state index in [0.717, 1.165) is 34.4 Å². The molecule has 9 heteroatoms. The normalized spacial score (nSPS) is 21.4. The van der Waals surface area contributed by atoms with Gasteiger partial charge in [-0.15, -0.1) is 0 Å². The van der Waals surface area contributed by atoms with Crippen LogP contribution in [0.3, 0.4) is 0 Å². The molecule has 0 aliphatic carbocycles. The number of nitrogens with one attached hydrogen (secondary N) is 3. The quantitative estimate of drug-likeness (QED) is 0.612. The van der Waals surface area contributed by atoms with Crippen molar-refractivity contribution in [1.29, 1.82) is 0 Å². The van der Waals surface area contributed by atoms with Crippen molar-refractivity contribution >= 4 is 22.9 Å². The maximum Gasteiger partial charge on any atom is 0.322 e. The molecule has 3 aromatic heterocycles. The predicted octanol–water partition coefficient (Wildman–Crippen LogP) is 1.77. The molecule has 2 amide bonds. The summed E-state index contributed by atoms with van der Waals surface area (Å²) < 4.78 is 6.00. The van der Waals surface area contributed by atoms with E-state index in [9.17, 15) is 4.79 Å². The number of rotatable bonds is 2. The van der Waals surface area contributed by atoms with Crippen molar-refractivity contribution < 1.29 is 9.53 Å². The zero-order valence-corrected chi connectivity index (χ0v) is 16.4. The number of carbonyl (C=O) groups excluding carboxylic acids is 1. The highest BCUT2D eigenvalue weighted by Crippen LogP contribution is 2.38. The number of hydrogen-bond acceptors (Lipinski definition) is 6. The summed E-state index contributed by atoms with van der Waals surface area (Å²) in [6.07, 6.45) is 4.07. The number of fused-ring (bicyclic) bond motifs is 2. The van der Waals surface area contributed by atoms with Crippen LogP contribution in [0.4, 0.5) is 10.6 Å². The van der Waals surface area contributed by atoms with Crippen molar-refractivity contribution in [1.82, 2.24) is 30.6 Å². The third-order valence-corrected chi connectivity index (χ3v) is 5.59. The van der Waals surface area contributed by atoms with Gasteiger partial charge in [-0.2, -0.15) is 0 Å². The van der Waals surface area contributed by atoms with Crippen LogP contribution < -0.4 is 15.5 Å². The lowest BCUT2D eigenvalue weighted by atomic mass is 10.0. The average molecular weight is 393 g/mol. The van der Waals surface area contributed by atoms with Crippen LogP contribution in [0, 0.1) is 0 Å². The van der Waals surface area contributed by atoms with Gasteiger partial charge >= 0.3 is 6.03 Å². The summed E-state index contributed by atoms with van der Waals surface area (Å²) in [5.74, 6) is 1.25. The zero-order valence-electron chi connectivity index (χ0n) is 16.4. The van der Waals surface area contributed by atoms with Crippen LogP contribution in [0.15, 0.2) is 24.5 Å². The molecular formula is C20H23N7O2. The minimum Gasteiger partial charge on any atom is -0.367 e. The largest absolute Gasteiger partial charge is 0.367 e. The lowest BCUT2D eigenvalue weighted by molar-refractivity contribution is -0.00548. The Labute approximate surface area is 167 Å². The number of carbonyl (C=O) groups is 1. The highest BCUT2D eigenvalue weighted by atomic mass is 16.5. The van der Waals surface area contributed by atoms with E-state index in [2.05, 4.69) is 27.5 Å². The first-order valence-corrected chi connectivity index (χ1v) is 9.85. The molecule has 5 rings (SSSR count). The third-order valence-electron chi connectivity index (χ3n) is 5.59. The van der Waals surface area contributed by atoms with Crippen LogP contribution >= 0.6 is 0 Å². The third kappa shape index (κ3) is 2.93. The molecule has 150 valence electrons. The van der Waals surface area contributed by atoms with Gasteiger partial charge in [0.05, 0.1) is 12.3 Å². The monoisotopic (exact) mass is 393 g/mol. The van der Waals surface area contributed by atoms with Gasteiger partial charge in [0.25, 0.3) is 0 Å². The molecular weight excluding hydrogens is 370 g/mol. The summed E-state index contributed by atoms with van der Waals surface area (Å²) in [6, 6.07) is 3.87. The Morgan fingerprint density at radius 2 is 2.24 bits per heavy atom. The van der Waals surface area contributed by atoms with Crippen molar-refractivity contribution in [2.75, 3.05) is 31.6 Å². The fourth-order valence-corrected chi connectivity index (χ4v) is 4.14. The number of aromatic amines is 1. The maximum atomic E-state index is 12.4. The van der Waals surface area contributed by atoms with E-state index in [1.54, 1.807) is 18.1 Å². The molecule has 0 spiro atoms. The average Bonchev–Trinajstić information content (AvgIpc) is 3.39. The predicted molar refractivity (Wildman–Crippen MR) is 109 cm³/mol. The van der Waals surface area contributed by atoms with Crippen LogP contribution in [0.25, 0.3) is 22.3 Å². The standard InChI is InChI=1S/C20H23N7O2/c1-11-16(29-10-8-22-11)18-25-15(12-3-6-23-17-13(12)4-7-24-17)14-5-9-27(19(14)26-18)20(28)21-2/h3-4,6-7,11,16,22H,5,8-10H2,1-2H3,(H,21,28)(H,23,24)/t11?,16-/m1/s1. The second-order valence-corrected chi connectivity index (χ2v) is 7.32. The molecule has 0 aromatic carbocycles. The number of ether oxygens (including phenoxy) is 1. The number of anilines is 1. The van der Waals surface area contributed by atoms with Crippen LogP contribution in [-0.2, 0) is 11.2 Å². The summed E-state index contributed by atoms with van der Waals surface area (Å²) >= 11 is 0. The van der Waals surface area contributed by atoms with Gasteiger partial charge in [-0.1, -0.05) is 0 Å². The molecule has 0 bridgehead atoms. The van der Waals surface area contributed by atoms with E-state index in [-0.39, 0.29) is 18.2 Å². The first-order chi connectivity index (χ1) is 14.2. The molecule has 3 aromatic rings. The van der Waals surface area contributed by atoms with Gasteiger partial charge in [0, 0.05) is 55.1 Å². The first-order valence-electron chi connectivity index (χ1n) is 9.85. The lowest BCUT2D eigenvalue weighted by Gasteiger charge is -2.30. The van der Waals surface area contributed by atoms with Gasteiger partial charge in [-0.25, -0.2) is 19.7 Å². The van der Waals surface area contributed by atoms with E-state index in [0.29, 0.717) is 31.2 Å². The van der Waals surface area contributed by atoms with Gasteiger partial charge in [0.15, 0.2) is 5.82 Å². The Morgan fingerprint density at radius 1 is 1.34 bits per heavy atom. The van der Waals surface area contributed by atoms with Crippen molar-refractivity contribution in [2.45, 2.75) is 25.5 Å². The number of pyridine rings is 1. The maximum absolute atomic E-state index is 12.4. The van der Waals surface area contributed by atoms with Crippen molar-refractivity contribution in [3.63, 3.8) is 0 Å². The van der Waals surface area contributed by atoms with E-state index in [1.807, 2.05) is 18.3 Å². The van der Waals surface area contributed by atoms with E-state index in [4.69, 9.17) is 14.7 Å². The molecule has 0 saturated carbocycles. The fraction of sp³-hybridized carbons (Fsp3) is 0.400. The molecule has 9 nitrogen and oxygen atoms in total. The topological polar surface area (TPSA) is 108 Å².